The second-order valence-electron chi connectivity index (χ2n) is 9.53. The van der Waals surface area contributed by atoms with Gasteiger partial charge in [0.2, 0.25) is 11.8 Å². The van der Waals surface area contributed by atoms with E-state index < -0.39 is 28.5 Å². The van der Waals surface area contributed by atoms with Crippen LogP contribution in [0.4, 0.5) is 5.69 Å². The molecule has 0 unspecified atom stereocenters. The fourth-order valence-corrected chi connectivity index (χ4v) is 5.60. The molecule has 0 fully saturated rings. The minimum Gasteiger partial charge on any atom is -0.497 e. The highest BCUT2D eigenvalue weighted by Gasteiger charge is 2.33. The Morgan fingerprint density at radius 1 is 0.927 bits per heavy atom. The number of amides is 2. The molecular formula is C30H36ClN3O6S. The highest BCUT2D eigenvalue weighted by Crippen LogP contribution is 2.28. The first-order valence-electron chi connectivity index (χ1n) is 13.1. The summed E-state index contributed by atoms with van der Waals surface area (Å²) in [5.74, 6) is 0.228. The van der Waals surface area contributed by atoms with Gasteiger partial charge in [0, 0.05) is 17.6 Å². The summed E-state index contributed by atoms with van der Waals surface area (Å²) in [7, 11) is -1.18. The molecule has 11 heteroatoms. The summed E-state index contributed by atoms with van der Waals surface area (Å²) >= 11 is 6.21. The Hall–Kier alpha value is -3.76. The number of carbonyl (C=O) groups is 2. The lowest BCUT2D eigenvalue weighted by Crippen LogP contribution is -2.52. The molecule has 0 aliphatic heterocycles. The number of methoxy groups -OCH3 is 2. The summed E-state index contributed by atoms with van der Waals surface area (Å²) < 4.78 is 39.2. The predicted molar refractivity (Wildman–Crippen MR) is 160 cm³/mol. The number of hydrogen-bond donors (Lipinski definition) is 1. The Bertz CT molecular complexity index is 1430. The van der Waals surface area contributed by atoms with Crippen molar-refractivity contribution >= 4 is 39.1 Å². The lowest BCUT2D eigenvalue weighted by atomic mass is 10.1. The van der Waals surface area contributed by atoms with E-state index in [9.17, 15) is 18.0 Å². The van der Waals surface area contributed by atoms with Crippen LogP contribution in [-0.4, -0.2) is 58.0 Å². The van der Waals surface area contributed by atoms with Gasteiger partial charge < -0.3 is 19.7 Å². The maximum Gasteiger partial charge on any atom is 0.264 e. The standard InChI is InChI=1S/C30H36ClN3O6S/c1-6-21(2)32-30(36)22(3)33(19-23-10-12-26(39-4)13-11-23)29(35)20-34(25-9-7-8-24(31)18-25)41(37,38)28-16-14-27(40-5)15-17-28/h7-18,21-22H,6,19-20H2,1-5H3,(H,32,36)/t21-,22+/m0/s1. The zero-order valence-corrected chi connectivity index (χ0v) is 25.4. The van der Waals surface area contributed by atoms with Gasteiger partial charge in [0.25, 0.3) is 10.0 Å². The molecule has 2 atom stereocenters. The van der Waals surface area contributed by atoms with Gasteiger partial charge in [-0.2, -0.15) is 0 Å². The van der Waals surface area contributed by atoms with Gasteiger partial charge >= 0.3 is 0 Å². The zero-order valence-electron chi connectivity index (χ0n) is 23.8. The van der Waals surface area contributed by atoms with Crippen molar-refractivity contribution in [3.63, 3.8) is 0 Å². The number of ether oxygens (including phenoxy) is 2. The van der Waals surface area contributed by atoms with E-state index in [2.05, 4.69) is 5.32 Å². The molecule has 3 rings (SSSR count). The molecule has 0 saturated carbocycles. The van der Waals surface area contributed by atoms with E-state index in [1.807, 2.05) is 13.8 Å². The SMILES string of the molecule is CC[C@H](C)NC(=O)[C@@H](C)N(Cc1ccc(OC)cc1)C(=O)CN(c1cccc(Cl)c1)S(=O)(=O)c1ccc(OC)cc1. The van der Waals surface area contributed by atoms with Gasteiger partial charge in [-0.1, -0.05) is 36.7 Å². The average Bonchev–Trinajstić information content (AvgIpc) is 2.98. The van der Waals surface area contributed by atoms with Crippen molar-refractivity contribution in [2.24, 2.45) is 0 Å². The molecule has 0 aromatic heterocycles. The van der Waals surface area contributed by atoms with Crippen molar-refractivity contribution in [3.8, 4) is 11.5 Å². The van der Waals surface area contributed by atoms with Gasteiger partial charge in [-0.25, -0.2) is 8.42 Å². The van der Waals surface area contributed by atoms with Crippen LogP contribution in [0.3, 0.4) is 0 Å². The molecule has 1 N–H and O–H groups in total. The van der Waals surface area contributed by atoms with E-state index in [0.717, 1.165) is 9.87 Å². The van der Waals surface area contributed by atoms with Gasteiger partial charge in [-0.05, 0) is 80.4 Å². The number of halogens is 1. The van der Waals surface area contributed by atoms with Crippen LogP contribution >= 0.6 is 11.6 Å². The van der Waals surface area contributed by atoms with Crippen LogP contribution < -0.4 is 19.1 Å². The van der Waals surface area contributed by atoms with Gasteiger partial charge in [0.1, 0.15) is 24.1 Å². The normalized spacial score (nSPS) is 12.6. The number of rotatable bonds is 13. The Morgan fingerprint density at radius 2 is 1.51 bits per heavy atom. The van der Waals surface area contributed by atoms with Crippen LogP contribution in [0.15, 0.2) is 77.7 Å². The summed E-state index contributed by atoms with van der Waals surface area (Å²) in [6.07, 6.45) is 0.716. The maximum atomic E-state index is 14.0. The third-order valence-electron chi connectivity index (χ3n) is 6.70. The molecule has 0 heterocycles. The third kappa shape index (κ3) is 8.14. The van der Waals surface area contributed by atoms with Crippen molar-refractivity contribution in [1.29, 1.82) is 0 Å². The van der Waals surface area contributed by atoms with E-state index in [0.29, 0.717) is 22.9 Å². The second kappa shape index (κ2) is 14.2. The topological polar surface area (TPSA) is 105 Å². The highest BCUT2D eigenvalue weighted by atomic mass is 35.5. The van der Waals surface area contributed by atoms with E-state index in [4.69, 9.17) is 21.1 Å². The summed E-state index contributed by atoms with van der Waals surface area (Å²) in [5, 5.41) is 3.22. The zero-order chi connectivity index (χ0) is 30.2. The molecule has 3 aromatic carbocycles. The number of sulfonamides is 1. The molecule has 0 bridgehead atoms. The van der Waals surface area contributed by atoms with Crippen molar-refractivity contribution < 1.29 is 27.5 Å². The number of anilines is 1. The first kappa shape index (κ1) is 31.8. The minimum atomic E-state index is -4.22. The monoisotopic (exact) mass is 601 g/mol. The van der Waals surface area contributed by atoms with E-state index in [1.54, 1.807) is 56.5 Å². The average molecular weight is 602 g/mol. The number of nitrogens with zero attached hydrogens (tertiary/aromatic N) is 2. The minimum absolute atomic E-state index is 0.0321. The van der Waals surface area contributed by atoms with Crippen LogP contribution in [0.2, 0.25) is 5.02 Å². The second-order valence-corrected chi connectivity index (χ2v) is 11.8. The van der Waals surface area contributed by atoms with Crippen LogP contribution in [0.5, 0.6) is 11.5 Å². The van der Waals surface area contributed by atoms with Crippen LogP contribution in [0, 0.1) is 0 Å². The van der Waals surface area contributed by atoms with Gasteiger partial charge in [0.15, 0.2) is 0 Å². The summed E-state index contributed by atoms with van der Waals surface area (Å²) in [6.45, 7) is 4.96. The maximum absolute atomic E-state index is 14.0. The fourth-order valence-electron chi connectivity index (χ4n) is 4.01. The van der Waals surface area contributed by atoms with Crippen molar-refractivity contribution in [2.45, 2.75) is 50.7 Å². The molecule has 0 radical (unpaired) electrons. The molecule has 9 nitrogen and oxygen atoms in total. The largest absolute Gasteiger partial charge is 0.497 e. The van der Waals surface area contributed by atoms with E-state index in [-0.39, 0.29) is 29.1 Å². The van der Waals surface area contributed by atoms with Crippen LogP contribution in [-0.2, 0) is 26.2 Å². The van der Waals surface area contributed by atoms with Gasteiger partial charge in [-0.15, -0.1) is 0 Å². The quantitative estimate of drug-likeness (QED) is 0.299. The number of hydrogen-bond acceptors (Lipinski definition) is 6. The number of nitrogens with one attached hydrogen (secondary N) is 1. The van der Waals surface area contributed by atoms with Crippen molar-refractivity contribution in [1.82, 2.24) is 10.2 Å². The molecule has 220 valence electrons. The Kier molecular flexibility index (Phi) is 11.0. The van der Waals surface area contributed by atoms with E-state index >= 15 is 0 Å². The summed E-state index contributed by atoms with van der Waals surface area (Å²) in [5.41, 5.74) is 0.956. The lowest BCUT2D eigenvalue weighted by Gasteiger charge is -2.32. The smallest absolute Gasteiger partial charge is 0.264 e. The lowest BCUT2D eigenvalue weighted by molar-refractivity contribution is -0.139. The molecule has 0 saturated heterocycles. The van der Waals surface area contributed by atoms with Gasteiger partial charge in [0.05, 0.1) is 24.8 Å². The van der Waals surface area contributed by atoms with Gasteiger partial charge in [-0.3, -0.25) is 13.9 Å². The fraction of sp³-hybridized carbons (Fsp3) is 0.333. The summed E-state index contributed by atoms with van der Waals surface area (Å²) in [4.78, 5) is 28.5. The Morgan fingerprint density at radius 3 is 2.05 bits per heavy atom. The number of benzene rings is 3. The predicted octanol–water partition coefficient (Wildman–Crippen LogP) is 4.88. The molecule has 2 amide bonds. The summed E-state index contributed by atoms with van der Waals surface area (Å²) in [6, 6.07) is 18.3. The molecule has 0 aliphatic rings. The Balaban J connectivity index is 2.02. The molecule has 0 spiro atoms. The van der Waals surface area contributed by atoms with Crippen molar-refractivity contribution in [2.75, 3.05) is 25.1 Å². The third-order valence-corrected chi connectivity index (χ3v) is 8.73. The van der Waals surface area contributed by atoms with Crippen LogP contribution in [0.1, 0.15) is 32.8 Å². The van der Waals surface area contributed by atoms with Crippen molar-refractivity contribution in [3.05, 3.63) is 83.4 Å². The number of carbonyl (C=O) groups excluding carboxylic acids is 2. The molecule has 0 aliphatic carbocycles. The highest BCUT2D eigenvalue weighted by molar-refractivity contribution is 7.92. The molecular weight excluding hydrogens is 566 g/mol. The first-order valence-corrected chi connectivity index (χ1v) is 15.0. The molecule has 3 aromatic rings. The van der Waals surface area contributed by atoms with E-state index in [1.165, 1.54) is 42.3 Å². The Labute approximate surface area is 247 Å². The molecule has 41 heavy (non-hydrogen) atoms. The first-order chi connectivity index (χ1) is 19.5. The van der Waals surface area contributed by atoms with Crippen LogP contribution in [0.25, 0.3) is 0 Å².